The van der Waals surface area contributed by atoms with Crippen LogP contribution in [-0.4, -0.2) is 12.6 Å². The Bertz CT molecular complexity index is 55.2. The van der Waals surface area contributed by atoms with Gasteiger partial charge in [0.1, 0.15) is 0 Å². The van der Waals surface area contributed by atoms with Crippen LogP contribution in [0.3, 0.4) is 0 Å². The van der Waals surface area contributed by atoms with E-state index in [0.29, 0.717) is 6.04 Å². The minimum absolute atomic E-state index is 0. The molecule has 0 bridgehead atoms. The van der Waals surface area contributed by atoms with Crippen molar-refractivity contribution in [3.05, 3.63) is 5.32 Å². The molecule has 0 fully saturated rings. The van der Waals surface area contributed by atoms with Gasteiger partial charge in [0, 0.05) is 0 Å². The summed E-state index contributed by atoms with van der Waals surface area (Å²) in [5, 5.41) is 4.36. The number of hydrogen-bond donors (Lipinski definition) is 0. The predicted molar refractivity (Wildman–Crippen MR) is 42.9 cm³/mol. The molecule has 0 radical (unpaired) electrons. The Hall–Kier alpha value is 1.60. The van der Waals surface area contributed by atoms with Crippen molar-refractivity contribution in [2.24, 2.45) is 0 Å². The Morgan fingerprint density at radius 2 is 1.80 bits per heavy atom. The molecule has 0 unspecified atom stereocenters. The second-order valence-electron chi connectivity index (χ2n) is 2.71. The van der Waals surface area contributed by atoms with E-state index in [0.717, 1.165) is 6.54 Å². The fraction of sp³-hybridized carbons (Fsp3) is 1.00. The molecular weight excluding hydrogens is 149 g/mol. The Morgan fingerprint density at radius 3 is 2.20 bits per heavy atom. The molecule has 0 atom stereocenters. The molecule has 0 aliphatic carbocycles. The van der Waals surface area contributed by atoms with Crippen molar-refractivity contribution in [3.63, 3.8) is 0 Å². The van der Waals surface area contributed by atoms with Gasteiger partial charge in [0.25, 0.3) is 0 Å². The van der Waals surface area contributed by atoms with E-state index in [-0.39, 0.29) is 51.4 Å². The van der Waals surface area contributed by atoms with Crippen LogP contribution in [0.1, 0.15) is 40.0 Å². The molecule has 10 heavy (non-hydrogen) atoms. The molecule has 0 rings (SSSR count). The van der Waals surface area contributed by atoms with Gasteiger partial charge in [-0.2, -0.15) is 0 Å². The van der Waals surface area contributed by atoms with Crippen molar-refractivity contribution in [2.45, 2.75) is 46.1 Å². The largest absolute Gasteiger partial charge is 1.00 e. The second kappa shape index (κ2) is 10.6. The third-order valence-electron chi connectivity index (χ3n) is 1.26. The molecule has 0 saturated heterocycles. The van der Waals surface area contributed by atoms with Crippen LogP contribution in [0.15, 0.2) is 0 Å². The molecule has 0 aromatic carbocycles. The van der Waals surface area contributed by atoms with Crippen LogP contribution < -0.4 is 51.4 Å². The molecule has 0 aromatic heterocycles. The summed E-state index contributed by atoms with van der Waals surface area (Å²) in [4.78, 5) is 0. The van der Waals surface area contributed by atoms with E-state index in [1.807, 2.05) is 0 Å². The van der Waals surface area contributed by atoms with Crippen molar-refractivity contribution in [1.29, 1.82) is 0 Å². The molecule has 0 aliphatic heterocycles. The SMILES string of the molecule is CCCCC[N-]C(C)C.[K+]. The third kappa shape index (κ3) is 12.3. The molecular formula is C8H18KN. The molecule has 56 valence electrons. The Balaban J connectivity index is 0. The third-order valence-corrected chi connectivity index (χ3v) is 1.26. The first-order valence-electron chi connectivity index (χ1n) is 3.94. The Labute approximate surface area is 108 Å². The van der Waals surface area contributed by atoms with Crippen LogP contribution in [0.25, 0.3) is 5.32 Å². The van der Waals surface area contributed by atoms with Crippen LogP contribution in [0.2, 0.25) is 0 Å². The van der Waals surface area contributed by atoms with Crippen LogP contribution >= 0.6 is 0 Å². The first-order chi connectivity index (χ1) is 4.27. The molecule has 0 aromatic rings. The van der Waals surface area contributed by atoms with Crippen molar-refractivity contribution < 1.29 is 51.4 Å². The summed E-state index contributed by atoms with van der Waals surface area (Å²) in [7, 11) is 0. The van der Waals surface area contributed by atoms with E-state index in [1.54, 1.807) is 0 Å². The van der Waals surface area contributed by atoms with Gasteiger partial charge in [-0.15, -0.1) is 12.6 Å². The minimum atomic E-state index is 0. The smallest absolute Gasteiger partial charge is 0.660 e. The van der Waals surface area contributed by atoms with Gasteiger partial charge in [-0.3, -0.25) is 0 Å². The standard InChI is InChI=1S/C8H18N.K/c1-4-5-6-7-9-8(2)3;/h8H,4-7H2,1-3H3;/q-1;+1. The second-order valence-corrected chi connectivity index (χ2v) is 2.71. The topological polar surface area (TPSA) is 14.1 Å². The van der Waals surface area contributed by atoms with Crippen LogP contribution in [0.4, 0.5) is 0 Å². The molecule has 0 N–H and O–H groups in total. The zero-order valence-corrected chi connectivity index (χ0v) is 11.0. The normalized spacial score (nSPS) is 9.60. The molecule has 0 heterocycles. The maximum absolute atomic E-state index is 4.36. The quantitative estimate of drug-likeness (QED) is 0.403. The van der Waals surface area contributed by atoms with Gasteiger partial charge < -0.3 is 5.32 Å². The summed E-state index contributed by atoms with van der Waals surface area (Å²) in [6.07, 6.45) is 3.90. The summed E-state index contributed by atoms with van der Waals surface area (Å²) in [5.41, 5.74) is 0. The van der Waals surface area contributed by atoms with E-state index in [1.165, 1.54) is 19.3 Å². The molecule has 0 spiro atoms. The van der Waals surface area contributed by atoms with Crippen molar-refractivity contribution in [2.75, 3.05) is 6.54 Å². The zero-order chi connectivity index (χ0) is 7.11. The first-order valence-corrected chi connectivity index (χ1v) is 3.94. The van der Waals surface area contributed by atoms with Gasteiger partial charge in [-0.1, -0.05) is 40.0 Å². The minimum Gasteiger partial charge on any atom is -0.660 e. The Kier molecular flexibility index (Phi) is 15.0. The summed E-state index contributed by atoms with van der Waals surface area (Å²) in [6, 6.07) is 0.529. The summed E-state index contributed by atoms with van der Waals surface area (Å²) >= 11 is 0. The van der Waals surface area contributed by atoms with E-state index < -0.39 is 0 Å². The molecule has 0 aliphatic rings. The number of hydrogen-bond acceptors (Lipinski definition) is 0. The average Bonchev–Trinajstić information content (AvgIpc) is 1.80. The van der Waals surface area contributed by atoms with Gasteiger partial charge in [0.15, 0.2) is 0 Å². The fourth-order valence-electron chi connectivity index (χ4n) is 0.711. The van der Waals surface area contributed by atoms with Gasteiger partial charge in [-0.05, 0) is 0 Å². The van der Waals surface area contributed by atoms with E-state index in [9.17, 15) is 0 Å². The van der Waals surface area contributed by atoms with Crippen LogP contribution in [0.5, 0.6) is 0 Å². The molecule has 2 heteroatoms. The van der Waals surface area contributed by atoms with E-state index in [2.05, 4.69) is 26.1 Å². The zero-order valence-electron chi connectivity index (χ0n) is 7.85. The molecule has 0 saturated carbocycles. The number of unbranched alkanes of at least 4 members (excludes halogenated alkanes) is 2. The first kappa shape index (κ1) is 14.1. The number of nitrogens with zero attached hydrogens (tertiary/aromatic N) is 1. The van der Waals surface area contributed by atoms with Gasteiger partial charge in [0.2, 0.25) is 0 Å². The average molecular weight is 167 g/mol. The maximum Gasteiger partial charge on any atom is 1.00 e. The van der Waals surface area contributed by atoms with Gasteiger partial charge >= 0.3 is 51.4 Å². The van der Waals surface area contributed by atoms with Gasteiger partial charge in [0.05, 0.1) is 0 Å². The number of rotatable bonds is 5. The predicted octanol–water partition coefficient (Wildman–Crippen LogP) is -0.0373. The summed E-state index contributed by atoms with van der Waals surface area (Å²) in [6.45, 7) is 7.54. The molecule has 1 nitrogen and oxygen atoms in total. The van der Waals surface area contributed by atoms with Gasteiger partial charge in [-0.25, -0.2) is 0 Å². The summed E-state index contributed by atoms with van der Waals surface area (Å²) < 4.78 is 0. The van der Waals surface area contributed by atoms with Crippen LogP contribution in [-0.2, 0) is 0 Å². The Morgan fingerprint density at radius 1 is 1.20 bits per heavy atom. The van der Waals surface area contributed by atoms with E-state index >= 15 is 0 Å². The fourth-order valence-corrected chi connectivity index (χ4v) is 0.711. The van der Waals surface area contributed by atoms with E-state index in [4.69, 9.17) is 0 Å². The summed E-state index contributed by atoms with van der Waals surface area (Å²) in [5.74, 6) is 0. The molecule has 0 amide bonds. The monoisotopic (exact) mass is 167 g/mol. The maximum atomic E-state index is 4.36. The van der Waals surface area contributed by atoms with Crippen molar-refractivity contribution >= 4 is 0 Å². The van der Waals surface area contributed by atoms with Crippen molar-refractivity contribution in [3.8, 4) is 0 Å². The van der Waals surface area contributed by atoms with Crippen LogP contribution in [0, 0.1) is 0 Å². The van der Waals surface area contributed by atoms with Crippen molar-refractivity contribution in [1.82, 2.24) is 0 Å².